The number of halogens is 3. The third-order valence-corrected chi connectivity index (χ3v) is 6.50. The summed E-state index contributed by atoms with van der Waals surface area (Å²) in [5, 5.41) is 4.59. The van der Waals surface area contributed by atoms with E-state index in [4.69, 9.17) is 0 Å². The Balaban J connectivity index is 1.57. The molecule has 5 nitrogen and oxygen atoms in total. The minimum Gasteiger partial charge on any atom is -0.351 e. The number of nitrogens with one attached hydrogen (secondary N) is 1. The average Bonchev–Trinajstić information content (AvgIpc) is 3.23. The quantitative estimate of drug-likeness (QED) is 0.328. The molecule has 1 N–H and O–H groups in total. The topological polar surface area (TPSA) is 64.0 Å². The summed E-state index contributed by atoms with van der Waals surface area (Å²) in [5.41, 5.74) is 1.16. The maximum absolute atomic E-state index is 13.7. The Bertz CT molecular complexity index is 1380. The van der Waals surface area contributed by atoms with Gasteiger partial charge in [-0.1, -0.05) is 17.8 Å². The molecule has 32 heavy (non-hydrogen) atoms. The molecule has 0 radical (unpaired) electrons. The molecule has 0 atom stereocenters. The third kappa shape index (κ3) is 4.56. The largest absolute Gasteiger partial charge is 0.351 e. The van der Waals surface area contributed by atoms with Gasteiger partial charge in [-0.15, -0.1) is 11.3 Å². The molecule has 10 heteroatoms. The second kappa shape index (κ2) is 9.17. The standard InChI is InChI=1S/C22H16F3N3O2S2/c1-12-8-15(4-5-16(12)24)28-21(30)20-18(6-7-31-20)27-22(28)32-11-19(29)26-10-13-2-3-14(23)9-17(13)25/h2-9H,10-11H2,1H3,(H,26,29). The van der Waals surface area contributed by atoms with Crippen LogP contribution in [0.2, 0.25) is 0 Å². The molecule has 0 aliphatic carbocycles. The molecule has 4 aromatic rings. The number of nitrogens with zero attached hydrogens (tertiary/aromatic N) is 2. The Morgan fingerprint density at radius 2 is 1.94 bits per heavy atom. The van der Waals surface area contributed by atoms with Gasteiger partial charge in [-0.2, -0.15) is 0 Å². The van der Waals surface area contributed by atoms with E-state index in [2.05, 4.69) is 10.3 Å². The van der Waals surface area contributed by atoms with Crippen molar-refractivity contribution in [3.63, 3.8) is 0 Å². The van der Waals surface area contributed by atoms with Gasteiger partial charge in [0.05, 0.1) is 17.0 Å². The van der Waals surface area contributed by atoms with E-state index in [1.54, 1.807) is 24.4 Å². The molecule has 0 saturated carbocycles. The van der Waals surface area contributed by atoms with Crippen LogP contribution in [0.1, 0.15) is 11.1 Å². The molecule has 164 valence electrons. The lowest BCUT2D eigenvalue weighted by Crippen LogP contribution is -2.26. The molecular formula is C22H16F3N3O2S2. The van der Waals surface area contributed by atoms with Crippen LogP contribution in [0.15, 0.2) is 57.8 Å². The number of carbonyl (C=O) groups excluding carboxylic acids is 1. The number of rotatable bonds is 6. The molecule has 0 aliphatic heterocycles. The monoisotopic (exact) mass is 475 g/mol. The maximum Gasteiger partial charge on any atom is 0.276 e. The summed E-state index contributed by atoms with van der Waals surface area (Å²) in [7, 11) is 0. The van der Waals surface area contributed by atoms with Crippen molar-refractivity contribution in [2.24, 2.45) is 0 Å². The van der Waals surface area contributed by atoms with E-state index < -0.39 is 23.4 Å². The Hall–Kier alpha value is -3.11. The molecule has 0 unspecified atom stereocenters. The Morgan fingerprint density at radius 1 is 1.12 bits per heavy atom. The summed E-state index contributed by atoms with van der Waals surface area (Å²) in [6.07, 6.45) is 0. The highest BCUT2D eigenvalue weighted by molar-refractivity contribution is 7.99. The molecule has 4 rings (SSSR count). The number of amides is 1. The van der Waals surface area contributed by atoms with Crippen molar-refractivity contribution < 1.29 is 18.0 Å². The van der Waals surface area contributed by atoms with Crippen LogP contribution in [0, 0.1) is 24.4 Å². The predicted octanol–water partition coefficient (Wildman–Crippen LogP) is 4.58. The zero-order valence-electron chi connectivity index (χ0n) is 16.7. The van der Waals surface area contributed by atoms with Gasteiger partial charge < -0.3 is 5.32 Å². The van der Waals surface area contributed by atoms with Crippen molar-refractivity contribution in [1.29, 1.82) is 0 Å². The number of thiophene rings is 1. The van der Waals surface area contributed by atoms with E-state index in [1.807, 2.05) is 0 Å². The highest BCUT2D eigenvalue weighted by Gasteiger charge is 2.16. The first-order valence-corrected chi connectivity index (χ1v) is 11.3. The summed E-state index contributed by atoms with van der Waals surface area (Å²) >= 11 is 2.28. The van der Waals surface area contributed by atoms with Gasteiger partial charge >= 0.3 is 0 Å². The lowest BCUT2D eigenvalue weighted by atomic mass is 10.2. The van der Waals surface area contributed by atoms with E-state index >= 15 is 0 Å². The molecule has 0 saturated heterocycles. The van der Waals surface area contributed by atoms with Gasteiger partial charge in [-0.3, -0.25) is 14.2 Å². The first-order chi connectivity index (χ1) is 15.3. The van der Waals surface area contributed by atoms with Gasteiger partial charge in [0.15, 0.2) is 5.16 Å². The van der Waals surface area contributed by atoms with Gasteiger partial charge in [0.25, 0.3) is 5.56 Å². The summed E-state index contributed by atoms with van der Waals surface area (Å²) < 4.78 is 42.3. The predicted molar refractivity (Wildman–Crippen MR) is 119 cm³/mol. The average molecular weight is 476 g/mol. The van der Waals surface area contributed by atoms with Crippen LogP contribution < -0.4 is 10.9 Å². The molecule has 0 fully saturated rings. The van der Waals surface area contributed by atoms with Gasteiger partial charge in [0.1, 0.15) is 22.2 Å². The second-order valence-electron chi connectivity index (χ2n) is 6.90. The van der Waals surface area contributed by atoms with Crippen LogP contribution in [0.25, 0.3) is 15.9 Å². The molecule has 2 aromatic carbocycles. The Labute approximate surface area is 188 Å². The van der Waals surface area contributed by atoms with Gasteiger partial charge in [-0.05, 0) is 48.2 Å². The van der Waals surface area contributed by atoms with Gasteiger partial charge in [-0.25, -0.2) is 18.2 Å². The fourth-order valence-corrected chi connectivity index (χ4v) is 4.63. The van der Waals surface area contributed by atoms with E-state index in [0.717, 1.165) is 23.9 Å². The summed E-state index contributed by atoms with van der Waals surface area (Å²) in [4.78, 5) is 29.9. The molecular weight excluding hydrogens is 459 g/mol. The first kappa shape index (κ1) is 22.1. The second-order valence-corrected chi connectivity index (χ2v) is 8.76. The molecule has 0 aliphatic rings. The van der Waals surface area contributed by atoms with Crippen molar-refractivity contribution in [2.75, 3.05) is 5.75 Å². The van der Waals surface area contributed by atoms with Crippen molar-refractivity contribution in [1.82, 2.24) is 14.9 Å². The molecule has 2 heterocycles. The van der Waals surface area contributed by atoms with Crippen molar-refractivity contribution in [3.8, 4) is 5.69 Å². The molecule has 1 amide bonds. The highest BCUT2D eigenvalue weighted by atomic mass is 32.2. The summed E-state index contributed by atoms with van der Waals surface area (Å²) in [5.74, 6) is -2.35. The van der Waals surface area contributed by atoms with Gasteiger partial charge in [0.2, 0.25) is 5.91 Å². The maximum atomic E-state index is 13.7. The fourth-order valence-electron chi connectivity index (χ4n) is 3.02. The van der Waals surface area contributed by atoms with Crippen LogP contribution in [0.5, 0.6) is 0 Å². The lowest BCUT2D eigenvalue weighted by Gasteiger charge is -2.13. The van der Waals surface area contributed by atoms with Crippen molar-refractivity contribution >= 4 is 39.2 Å². The zero-order chi connectivity index (χ0) is 22.8. The fraction of sp³-hybridized carbons (Fsp3) is 0.136. The lowest BCUT2D eigenvalue weighted by molar-refractivity contribution is -0.118. The molecule has 0 bridgehead atoms. The SMILES string of the molecule is Cc1cc(-n2c(SCC(=O)NCc3ccc(F)cc3F)nc3ccsc3c2=O)ccc1F. The van der Waals surface area contributed by atoms with Crippen LogP contribution >= 0.6 is 23.1 Å². The molecule has 2 aromatic heterocycles. The van der Waals surface area contributed by atoms with Crippen molar-refractivity contribution in [2.45, 2.75) is 18.6 Å². The van der Waals surface area contributed by atoms with E-state index in [1.165, 1.54) is 34.1 Å². The van der Waals surface area contributed by atoms with E-state index in [9.17, 15) is 22.8 Å². The number of thioether (sulfide) groups is 1. The molecule has 0 spiro atoms. The minimum absolute atomic E-state index is 0.0922. The number of carbonyl (C=O) groups is 1. The number of benzene rings is 2. The Kier molecular flexibility index (Phi) is 6.33. The smallest absolute Gasteiger partial charge is 0.276 e. The van der Waals surface area contributed by atoms with E-state index in [0.29, 0.717) is 21.5 Å². The third-order valence-electron chi connectivity index (χ3n) is 4.67. The van der Waals surface area contributed by atoms with Crippen LogP contribution in [0.4, 0.5) is 13.2 Å². The Morgan fingerprint density at radius 3 is 2.69 bits per heavy atom. The van der Waals surface area contributed by atoms with Crippen LogP contribution in [0.3, 0.4) is 0 Å². The van der Waals surface area contributed by atoms with Crippen LogP contribution in [-0.4, -0.2) is 21.2 Å². The summed E-state index contributed by atoms with van der Waals surface area (Å²) in [6, 6.07) is 9.13. The van der Waals surface area contributed by atoms with E-state index in [-0.39, 0.29) is 28.6 Å². The van der Waals surface area contributed by atoms with Crippen LogP contribution in [-0.2, 0) is 11.3 Å². The number of fused-ring (bicyclic) bond motifs is 1. The van der Waals surface area contributed by atoms with Gasteiger partial charge in [0, 0.05) is 18.2 Å². The number of hydrogen-bond donors (Lipinski definition) is 1. The number of hydrogen-bond acceptors (Lipinski definition) is 5. The zero-order valence-corrected chi connectivity index (χ0v) is 18.3. The van der Waals surface area contributed by atoms with Crippen molar-refractivity contribution in [3.05, 3.63) is 86.8 Å². The first-order valence-electron chi connectivity index (χ1n) is 9.43. The highest BCUT2D eigenvalue weighted by Crippen LogP contribution is 2.24. The summed E-state index contributed by atoms with van der Waals surface area (Å²) in [6.45, 7) is 1.49. The number of aryl methyl sites for hydroxylation is 1. The normalized spacial score (nSPS) is 11.1. The number of aromatic nitrogens is 2. The minimum atomic E-state index is -0.747.